The summed E-state index contributed by atoms with van der Waals surface area (Å²) < 4.78 is 13.1. The highest BCUT2D eigenvalue weighted by atomic mass is 16.7. The van der Waals surface area contributed by atoms with Crippen molar-refractivity contribution in [1.82, 2.24) is 4.57 Å². The molecule has 0 bridgehead atoms. The second-order valence-corrected chi connectivity index (χ2v) is 4.64. The molecular formula is C15H20N2O4. The van der Waals surface area contributed by atoms with E-state index in [9.17, 15) is 10.1 Å². The van der Waals surface area contributed by atoms with Gasteiger partial charge in [0.1, 0.15) is 0 Å². The van der Waals surface area contributed by atoms with Crippen LogP contribution in [0.25, 0.3) is 10.9 Å². The van der Waals surface area contributed by atoms with Crippen LogP contribution < -0.4 is 0 Å². The van der Waals surface area contributed by atoms with Crippen LogP contribution in [0.3, 0.4) is 0 Å². The Labute approximate surface area is 123 Å². The molecule has 0 aliphatic carbocycles. The Morgan fingerprint density at radius 1 is 1.24 bits per heavy atom. The minimum Gasteiger partial charge on any atom is -0.353 e. The number of rotatable bonds is 8. The highest BCUT2D eigenvalue weighted by Crippen LogP contribution is 2.22. The monoisotopic (exact) mass is 292 g/mol. The number of non-ortho nitro benzene ring substituents is 1. The first-order valence-corrected chi connectivity index (χ1v) is 7.12. The molecule has 0 aliphatic rings. The van der Waals surface area contributed by atoms with E-state index >= 15 is 0 Å². The zero-order valence-electron chi connectivity index (χ0n) is 12.3. The van der Waals surface area contributed by atoms with Crippen LogP contribution in [0.5, 0.6) is 0 Å². The minimum absolute atomic E-state index is 0.113. The number of aromatic nitrogens is 1. The molecule has 0 atom stereocenters. The second kappa shape index (κ2) is 7.19. The standard InChI is InChI=1S/C15H20N2O4/c1-3-20-15(21-4-2)8-10-16-9-7-12-11-13(17(18)19)5-6-14(12)16/h5-7,9,11,15H,3-4,8,10H2,1-2H3. The Morgan fingerprint density at radius 3 is 2.57 bits per heavy atom. The van der Waals surface area contributed by atoms with Crippen LogP contribution in [0.1, 0.15) is 20.3 Å². The summed E-state index contributed by atoms with van der Waals surface area (Å²) in [7, 11) is 0. The van der Waals surface area contributed by atoms with Gasteiger partial charge in [-0.25, -0.2) is 0 Å². The van der Waals surface area contributed by atoms with Crippen molar-refractivity contribution in [3.05, 3.63) is 40.6 Å². The fourth-order valence-electron chi connectivity index (χ4n) is 2.33. The summed E-state index contributed by atoms with van der Waals surface area (Å²) in [6, 6.07) is 6.79. The Morgan fingerprint density at radius 2 is 1.95 bits per heavy atom. The van der Waals surface area contributed by atoms with Gasteiger partial charge in [0.25, 0.3) is 5.69 Å². The summed E-state index contributed by atoms with van der Waals surface area (Å²) in [5.41, 5.74) is 1.09. The van der Waals surface area contributed by atoms with E-state index in [1.807, 2.05) is 26.1 Å². The van der Waals surface area contributed by atoms with E-state index in [-0.39, 0.29) is 16.9 Å². The van der Waals surface area contributed by atoms with E-state index in [1.165, 1.54) is 6.07 Å². The number of ether oxygens (including phenoxy) is 2. The molecule has 0 amide bonds. The van der Waals surface area contributed by atoms with E-state index in [0.29, 0.717) is 13.2 Å². The highest BCUT2D eigenvalue weighted by Gasteiger charge is 2.11. The molecule has 0 aliphatic heterocycles. The molecule has 2 aromatic rings. The van der Waals surface area contributed by atoms with Gasteiger partial charge in [-0.3, -0.25) is 10.1 Å². The van der Waals surface area contributed by atoms with E-state index < -0.39 is 0 Å². The van der Waals surface area contributed by atoms with Crippen LogP contribution in [0.2, 0.25) is 0 Å². The molecule has 0 unspecified atom stereocenters. The Balaban J connectivity index is 2.10. The number of hydrogen-bond donors (Lipinski definition) is 0. The molecule has 2 rings (SSSR count). The summed E-state index contributed by atoms with van der Waals surface area (Å²) in [6.07, 6.45) is 2.46. The summed E-state index contributed by atoms with van der Waals surface area (Å²) in [5.74, 6) is 0. The van der Waals surface area contributed by atoms with Gasteiger partial charge in [-0.05, 0) is 26.0 Å². The fraction of sp³-hybridized carbons (Fsp3) is 0.467. The van der Waals surface area contributed by atoms with E-state index in [2.05, 4.69) is 4.57 Å². The number of nitro groups is 1. The third kappa shape index (κ3) is 3.80. The van der Waals surface area contributed by atoms with Crippen molar-refractivity contribution in [3.8, 4) is 0 Å². The topological polar surface area (TPSA) is 66.5 Å². The van der Waals surface area contributed by atoms with E-state index in [0.717, 1.165) is 23.9 Å². The lowest BCUT2D eigenvalue weighted by atomic mass is 10.2. The number of fused-ring (bicyclic) bond motifs is 1. The lowest BCUT2D eigenvalue weighted by Gasteiger charge is -2.17. The first-order valence-electron chi connectivity index (χ1n) is 7.12. The first kappa shape index (κ1) is 15.5. The Kier molecular flexibility index (Phi) is 5.30. The maximum Gasteiger partial charge on any atom is 0.270 e. The van der Waals surface area contributed by atoms with E-state index in [4.69, 9.17) is 9.47 Å². The molecule has 0 N–H and O–H groups in total. The molecule has 6 heteroatoms. The van der Waals surface area contributed by atoms with Crippen LogP contribution in [-0.4, -0.2) is 29.0 Å². The summed E-state index contributed by atoms with van der Waals surface area (Å²) >= 11 is 0. The zero-order valence-corrected chi connectivity index (χ0v) is 12.3. The molecule has 1 aromatic heterocycles. The van der Waals surface area contributed by atoms with Crippen molar-refractivity contribution in [2.45, 2.75) is 33.1 Å². The Bertz CT molecular complexity index is 603. The van der Waals surface area contributed by atoms with Gasteiger partial charge in [0.15, 0.2) is 6.29 Å². The maximum absolute atomic E-state index is 10.8. The van der Waals surface area contributed by atoms with Crippen molar-refractivity contribution in [2.75, 3.05) is 13.2 Å². The fourth-order valence-corrected chi connectivity index (χ4v) is 2.33. The number of nitro benzene ring substituents is 1. The van der Waals surface area contributed by atoms with Gasteiger partial charge in [-0.2, -0.15) is 0 Å². The number of benzene rings is 1. The third-order valence-corrected chi connectivity index (χ3v) is 3.28. The third-order valence-electron chi connectivity index (χ3n) is 3.28. The molecule has 1 aromatic carbocycles. The SMILES string of the molecule is CCOC(CCn1ccc2cc([N+](=O)[O-])ccc21)OCC. The maximum atomic E-state index is 10.8. The van der Waals surface area contributed by atoms with Crippen LogP contribution in [0.15, 0.2) is 30.5 Å². The number of nitrogens with zero attached hydrogens (tertiary/aromatic N) is 2. The summed E-state index contributed by atoms with van der Waals surface area (Å²) in [6.45, 7) is 5.85. The second-order valence-electron chi connectivity index (χ2n) is 4.64. The summed E-state index contributed by atoms with van der Waals surface area (Å²) in [4.78, 5) is 10.4. The molecule has 1 heterocycles. The van der Waals surface area contributed by atoms with Gasteiger partial charge in [0.2, 0.25) is 0 Å². The van der Waals surface area contributed by atoms with Gasteiger partial charge in [0.05, 0.1) is 4.92 Å². The predicted octanol–water partition coefficient (Wildman–Crippen LogP) is 3.34. The molecule has 0 saturated carbocycles. The molecular weight excluding hydrogens is 272 g/mol. The molecule has 0 radical (unpaired) electrons. The average molecular weight is 292 g/mol. The molecule has 6 nitrogen and oxygen atoms in total. The van der Waals surface area contributed by atoms with Gasteiger partial charge >= 0.3 is 0 Å². The Hall–Kier alpha value is -1.92. The highest BCUT2D eigenvalue weighted by molar-refractivity contribution is 5.82. The first-order chi connectivity index (χ1) is 10.2. The van der Waals surface area contributed by atoms with Crippen molar-refractivity contribution in [3.63, 3.8) is 0 Å². The zero-order chi connectivity index (χ0) is 15.2. The average Bonchev–Trinajstić information content (AvgIpc) is 2.87. The van der Waals surface area contributed by atoms with Crippen LogP contribution in [0.4, 0.5) is 5.69 Å². The lowest BCUT2D eigenvalue weighted by molar-refractivity contribution is -0.384. The van der Waals surface area contributed by atoms with Crippen molar-refractivity contribution < 1.29 is 14.4 Å². The van der Waals surface area contributed by atoms with Crippen molar-refractivity contribution in [2.24, 2.45) is 0 Å². The van der Waals surface area contributed by atoms with Gasteiger partial charge < -0.3 is 14.0 Å². The van der Waals surface area contributed by atoms with Gasteiger partial charge in [-0.1, -0.05) is 0 Å². The number of aryl methyl sites for hydroxylation is 1. The van der Waals surface area contributed by atoms with Crippen molar-refractivity contribution >= 4 is 16.6 Å². The largest absolute Gasteiger partial charge is 0.353 e. The molecule has 0 spiro atoms. The van der Waals surface area contributed by atoms with Gasteiger partial charge in [0, 0.05) is 55.4 Å². The van der Waals surface area contributed by atoms with Crippen LogP contribution in [0, 0.1) is 10.1 Å². The molecule has 21 heavy (non-hydrogen) atoms. The molecule has 0 fully saturated rings. The summed E-state index contributed by atoms with van der Waals surface area (Å²) in [5, 5.41) is 11.6. The number of hydrogen-bond acceptors (Lipinski definition) is 4. The quantitative estimate of drug-likeness (QED) is 0.425. The normalized spacial score (nSPS) is 11.4. The van der Waals surface area contributed by atoms with Crippen LogP contribution >= 0.6 is 0 Å². The van der Waals surface area contributed by atoms with E-state index in [1.54, 1.807) is 12.1 Å². The predicted molar refractivity (Wildman–Crippen MR) is 80.2 cm³/mol. The minimum atomic E-state index is -0.378. The van der Waals surface area contributed by atoms with Gasteiger partial charge in [-0.15, -0.1) is 0 Å². The van der Waals surface area contributed by atoms with Crippen molar-refractivity contribution in [1.29, 1.82) is 0 Å². The lowest BCUT2D eigenvalue weighted by Crippen LogP contribution is -2.19. The van der Waals surface area contributed by atoms with Crippen LogP contribution in [-0.2, 0) is 16.0 Å². The molecule has 0 saturated heterocycles. The molecule has 114 valence electrons. The smallest absolute Gasteiger partial charge is 0.270 e.